The molecule has 1 amide bonds. The first-order chi connectivity index (χ1) is 16.7. The molecule has 0 bridgehead atoms. The lowest BCUT2D eigenvalue weighted by molar-refractivity contribution is -0.132. The van der Waals surface area contributed by atoms with Gasteiger partial charge in [-0.2, -0.15) is 4.31 Å². The summed E-state index contributed by atoms with van der Waals surface area (Å²) in [6.07, 6.45) is 4.69. The zero-order valence-corrected chi connectivity index (χ0v) is 21.0. The molecule has 1 saturated carbocycles. The number of likely N-dealkylation sites (N-methyl/N-ethyl adjacent to an activating group) is 1. The molecule has 186 valence electrons. The third kappa shape index (κ3) is 5.67. The predicted molar refractivity (Wildman–Crippen MR) is 131 cm³/mol. The van der Waals surface area contributed by atoms with Crippen LogP contribution in [0, 0.1) is 23.7 Å². The highest BCUT2D eigenvalue weighted by Crippen LogP contribution is 2.35. The van der Waals surface area contributed by atoms with Crippen LogP contribution in [0.5, 0.6) is 5.75 Å². The average Bonchev–Trinajstić information content (AvgIpc) is 3.70. The Balaban J connectivity index is 1.72. The van der Waals surface area contributed by atoms with Crippen molar-refractivity contribution < 1.29 is 23.1 Å². The topological polar surface area (TPSA) is 100 Å². The molecule has 1 aliphatic carbocycles. The second-order valence-electron chi connectivity index (χ2n) is 9.38. The number of rotatable bonds is 5. The monoisotopic (exact) mass is 497 g/mol. The number of sulfonamides is 1. The Morgan fingerprint density at radius 2 is 1.91 bits per heavy atom. The number of fused-ring (bicyclic) bond motifs is 1. The van der Waals surface area contributed by atoms with Crippen molar-refractivity contribution in [1.82, 2.24) is 14.2 Å². The summed E-state index contributed by atoms with van der Waals surface area (Å²) in [7, 11) is -2.17. The molecule has 8 nitrogen and oxygen atoms in total. The van der Waals surface area contributed by atoms with Gasteiger partial charge in [-0.05, 0) is 50.1 Å². The highest BCUT2D eigenvalue weighted by molar-refractivity contribution is 7.89. The summed E-state index contributed by atoms with van der Waals surface area (Å²) in [6.45, 7) is 3.79. The van der Waals surface area contributed by atoms with Gasteiger partial charge in [0.25, 0.3) is 0 Å². The molecule has 1 fully saturated rings. The summed E-state index contributed by atoms with van der Waals surface area (Å²) in [5.41, 5.74) is 1.39. The number of carbonyl (C=O) groups excluding carboxylic acids is 1. The Kier molecular flexibility index (Phi) is 7.45. The van der Waals surface area contributed by atoms with Crippen LogP contribution in [0.4, 0.5) is 0 Å². The molecular formula is C26H31N3O5S. The van der Waals surface area contributed by atoms with Crippen LogP contribution in [0.3, 0.4) is 0 Å². The van der Waals surface area contributed by atoms with Gasteiger partial charge >= 0.3 is 0 Å². The van der Waals surface area contributed by atoms with Crippen LogP contribution < -0.4 is 4.74 Å². The smallest absolute Gasteiger partial charge is 0.247 e. The van der Waals surface area contributed by atoms with Crippen molar-refractivity contribution in [2.75, 3.05) is 26.7 Å². The van der Waals surface area contributed by atoms with Crippen LogP contribution in [-0.2, 0) is 14.8 Å². The van der Waals surface area contributed by atoms with Crippen molar-refractivity contribution in [1.29, 1.82) is 0 Å². The number of aliphatic hydroxyl groups excluding tert-OH is 1. The number of pyridine rings is 1. The molecular weight excluding hydrogens is 466 g/mol. The molecule has 3 atom stereocenters. The molecule has 1 aliphatic heterocycles. The van der Waals surface area contributed by atoms with E-state index in [-0.39, 0.29) is 41.5 Å². The van der Waals surface area contributed by atoms with Crippen molar-refractivity contribution in [3.63, 3.8) is 0 Å². The van der Waals surface area contributed by atoms with E-state index in [0.717, 1.165) is 18.4 Å². The Morgan fingerprint density at radius 1 is 1.23 bits per heavy atom. The van der Waals surface area contributed by atoms with E-state index in [2.05, 4.69) is 16.8 Å². The van der Waals surface area contributed by atoms with Gasteiger partial charge in [0.2, 0.25) is 15.9 Å². The zero-order chi connectivity index (χ0) is 25.2. The van der Waals surface area contributed by atoms with E-state index in [4.69, 9.17) is 4.74 Å². The molecule has 0 radical (unpaired) electrons. The van der Waals surface area contributed by atoms with E-state index in [0.29, 0.717) is 12.1 Å². The molecule has 4 rings (SSSR count). The van der Waals surface area contributed by atoms with Crippen LogP contribution >= 0.6 is 0 Å². The van der Waals surface area contributed by atoms with Gasteiger partial charge in [-0.15, -0.1) is 0 Å². The summed E-state index contributed by atoms with van der Waals surface area (Å²) >= 11 is 0. The molecule has 1 aromatic heterocycles. The van der Waals surface area contributed by atoms with Gasteiger partial charge in [-0.3, -0.25) is 9.78 Å². The van der Waals surface area contributed by atoms with E-state index in [1.807, 2.05) is 6.92 Å². The maximum Gasteiger partial charge on any atom is 0.247 e. The lowest BCUT2D eigenvalue weighted by Crippen LogP contribution is -2.50. The van der Waals surface area contributed by atoms with Crippen LogP contribution in [0.1, 0.15) is 37.8 Å². The highest BCUT2D eigenvalue weighted by Gasteiger charge is 2.39. The number of ether oxygens (including phenoxy) is 1. The lowest BCUT2D eigenvalue weighted by Gasteiger charge is -2.37. The van der Waals surface area contributed by atoms with E-state index in [9.17, 15) is 18.3 Å². The number of amides is 1. The summed E-state index contributed by atoms with van der Waals surface area (Å²) in [5, 5.41) is 9.78. The summed E-state index contributed by atoms with van der Waals surface area (Å²) in [5.74, 6) is 6.25. The molecule has 1 aromatic carbocycles. The van der Waals surface area contributed by atoms with Gasteiger partial charge in [0.1, 0.15) is 16.7 Å². The molecule has 9 heteroatoms. The fourth-order valence-electron chi connectivity index (χ4n) is 4.10. The molecule has 0 saturated heterocycles. The van der Waals surface area contributed by atoms with E-state index >= 15 is 0 Å². The van der Waals surface area contributed by atoms with E-state index in [1.165, 1.54) is 10.4 Å². The molecule has 2 heterocycles. The second-order valence-corrected chi connectivity index (χ2v) is 11.2. The summed E-state index contributed by atoms with van der Waals surface area (Å²) in [4.78, 5) is 18.3. The SMILES string of the molecule is C[C@H](CO)N1C[C@H](C)[C@@H](CN(C)C(=O)C2CC2)Oc2cc(C#Cc3ccncc3)ccc2S1(=O)=O. The lowest BCUT2D eigenvalue weighted by atomic mass is 10.0. The maximum absolute atomic E-state index is 13.6. The maximum atomic E-state index is 13.6. The minimum atomic E-state index is -3.93. The fraction of sp³-hybridized carbons (Fsp3) is 0.462. The van der Waals surface area contributed by atoms with Crippen molar-refractivity contribution in [3.8, 4) is 17.6 Å². The van der Waals surface area contributed by atoms with Crippen molar-refractivity contribution in [2.45, 2.75) is 43.7 Å². The summed E-state index contributed by atoms with van der Waals surface area (Å²) in [6, 6.07) is 7.77. The molecule has 0 unspecified atom stereocenters. The first-order valence-electron chi connectivity index (χ1n) is 11.8. The number of carbonyl (C=O) groups is 1. The Morgan fingerprint density at radius 3 is 2.57 bits per heavy atom. The van der Waals surface area contributed by atoms with E-state index < -0.39 is 22.2 Å². The van der Waals surface area contributed by atoms with Crippen LogP contribution in [0.25, 0.3) is 0 Å². The number of hydrogen-bond acceptors (Lipinski definition) is 6. The normalized spacial score (nSPS) is 22.4. The Bertz CT molecular complexity index is 1230. The minimum absolute atomic E-state index is 0.0281. The molecule has 2 aromatic rings. The number of benzene rings is 1. The quantitative estimate of drug-likeness (QED) is 0.636. The van der Waals surface area contributed by atoms with E-state index in [1.54, 1.807) is 55.5 Å². The van der Waals surface area contributed by atoms with Crippen molar-refractivity contribution in [2.24, 2.45) is 11.8 Å². The van der Waals surface area contributed by atoms with Crippen LogP contribution in [-0.4, -0.2) is 72.5 Å². The van der Waals surface area contributed by atoms with Crippen molar-refractivity contribution in [3.05, 3.63) is 53.9 Å². The van der Waals surface area contributed by atoms with Crippen molar-refractivity contribution >= 4 is 15.9 Å². The Labute approximate surface area is 207 Å². The first-order valence-corrected chi connectivity index (χ1v) is 13.2. The summed E-state index contributed by atoms with van der Waals surface area (Å²) < 4.78 is 34.8. The number of nitrogens with zero attached hydrogens (tertiary/aromatic N) is 3. The standard InChI is InChI=1S/C26H31N3O5S/c1-18-15-29(19(2)17-30)35(32,33)25-9-6-21(5-4-20-10-12-27-13-11-20)14-23(25)34-24(18)16-28(3)26(31)22-7-8-22/h6,9-14,18-19,22,24,30H,7-8,15-17H2,1-3H3/t18-,19+,24+/m0/s1. The first kappa shape index (κ1) is 25.2. The third-order valence-electron chi connectivity index (χ3n) is 6.46. The largest absolute Gasteiger partial charge is 0.487 e. The Hall–Kier alpha value is -2.93. The average molecular weight is 498 g/mol. The van der Waals surface area contributed by atoms with Gasteiger partial charge in [0.15, 0.2) is 0 Å². The van der Waals surface area contributed by atoms with Gasteiger partial charge < -0.3 is 14.7 Å². The van der Waals surface area contributed by atoms with Gasteiger partial charge in [-0.25, -0.2) is 8.42 Å². The fourth-order valence-corrected chi connectivity index (χ4v) is 5.93. The highest BCUT2D eigenvalue weighted by atomic mass is 32.2. The van der Waals surface area contributed by atoms with Crippen LogP contribution in [0.2, 0.25) is 0 Å². The van der Waals surface area contributed by atoms with Gasteiger partial charge in [0, 0.05) is 55.0 Å². The minimum Gasteiger partial charge on any atom is -0.487 e. The second kappa shape index (κ2) is 10.4. The van der Waals surface area contributed by atoms with Crippen LogP contribution in [0.15, 0.2) is 47.6 Å². The predicted octanol–water partition coefficient (Wildman–Crippen LogP) is 2.12. The molecule has 0 spiro atoms. The molecule has 1 N–H and O–H groups in total. The van der Waals surface area contributed by atoms with Gasteiger partial charge in [-0.1, -0.05) is 18.8 Å². The number of aromatic nitrogens is 1. The number of hydrogen-bond donors (Lipinski definition) is 1. The molecule has 35 heavy (non-hydrogen) atoms. The number of aliphatic hydroxyl groups is 1. The third-order valence-corrected chi connectivity index (χ3v) is 8.47. The zero-order valence-electron chi connectivity index (χ0n) is 20.2. The van der Waals surface area contributed by atoms with Gasteiger partial charge in [0.05, 0.1) is 13.2 Å². The molecule has 2 aliphatic rings.